The van der Waals surface area contributed by atoms with Gasteiger partial charge in [0, 0.05) is 6.07 Å². The van der Waals surface area contributed by atoms with Gasteiger partial charge in [-0.05, 0) is 32.4 Å². The maximum Gasteiger partial charge on any atom is 0.238 e. The number of rotatable bonds is 6. The largest absolute Gasteiger partial charge is 0.333 e. The van der Waals surface area contributed by atoms with Crippen molar-refractivity contribution in [2.24, 2.45) is 0 Å². The van der Waals surface area contributed by atoms with Crippen LogP contribution in [0.25, 0.3) is 11.0 Å². The third kappa shape index (κ3) is 3.46. The molecule has 0 radical (unpaired) electrons. The van der Waals surface area contributed by atoms with Crippen molar-refractivity contribution in [2.45, 2.75) is 43.6 Å². The predicted molar refractivity (Wildman–Crippen MR) is 97.3 cm³/mol. The average molecular weight is 343 g/mol. The lowest BCUT2D eigenvalue weighted by molar-refractivity contribution is -0.115. The molecule has 0 bridgehead atoms. The number of hydrogen-bond donors (Lipinski definition) is 2. The molecule has 3 rings (SSSR count). The molecular weight excluding hydrogens is 322 g/mol. The van der Waals surface area contributed by atoms with E-state index in [4.69, 9.17) is 0 Å². The summed E-state index contributed by atoms with van der Waals surface area (Å²) in [6.07, 6.45) is 2.66. The van der Waals surface area contributed by atoms with Crippen molar-refractivity contribution >= 4 is 34.5 Å². The summed E-state index contributed by atoms with van der Waals surface area (Å²) in [5, 5.41) is 7.72. The van der Waals surface area contributed by atoms with E-state index in [0.29, 0.717) is 0 Å². The number of anilines is 1. The average Bonchev–Trinajstić information content (AvgIpc) is 3.19. The highest BCUT2D eigenvalue weighted by atomic mass is 32.2. The van der Waals surface area contributed by atoms with E-state index in [-0.39, 0.29) is 17.2 Å². The Bertz CT molecular complexity index is 807. The monoisotopic (exact) mass is 343 g/mol. The summed E-state index contributed by atoms with van der Waals surface area (Å²) in [5.74, 6) is 0.664. The van der Waals surface area contributed by atoms with Gasteiger partial charge in [-0.15, -0.1) is 0 Å². The molecule has 0 fully saturated rings. The second kappa shape index (κ2) is 7.09. The lowest BCUT2D eigenvalue weighted by atomic mass is 10.3. The van der Waals surface area contributed by atoms with Crippen LogP contribution in [0.5, 0.6) is 0 Å². The number of carbonyl (C=O) groups is 1. The van der Waals surface area contributed by atoms with Crippen molar-refractivity contribution in [1.82, 2.24) is 19.7 Å². The van der Waals surface area contributed by atoms with Crippen molar-refractivity contribution in [3.05, 3.63) is 36.5 Å². The molecule has 126 valence electrons. The van der Waals surface area contributed by atoms with Crippen molar-refractivity contribution in [2.75, 3.05) is 5.32 Å². The Hall–Kier alpha value is -2.28. The van der Waals surface area contributed by atoms with E-state index in [1.165, 1.54) is 11.8 Å². The third-order valence-electron chi connectivity index (χ3n) is 3.96. The van der Waals surface area contributed by atoms with Crippen LogP contribution < -0.4 is 5.32 Å². The van der Waals surface area contributed by atoms with Gasteiger partial charge in [-0.3, -0.25) is 4.79 Å². The van der Waals surface area contributed by atoms with Crippen molar-refractivity contribution in [1.29, 1.82) is 0 Å². The number of nitrogens with zero attached hydrogens (tertiary/aromatic N) is 3. The standard InChI is InChI=1S/C17H21N5OS/c1-4-11(2)22-15(9-10-18-22)21-16(23)12(3)24-17-19-13-7-5-6-8-14(13)20-17/h5-12H,4H2,1-3H3,(H,19,20)(H,21,23)/t11-,12+/m0/s1. The summed E-state index contributed by atoms with van der Waals surface area (Å²) in [6.45, 7) is 6.05. The SMILES string of the molecule is CC[C@H](C)n1nccc1NC(=O)[C@@H](C)Sc1nc2ccccc2[nH]1. The maximum atomic E-state index is 12.5. The van der Waals surface area contributed by atoms with Gasteiger partial charge in [0.05, 0.1) is 28.5 Å². The number of fused-ring (bicyclic) bond motifs is 1. The zero-order chi connectivity index (χ0) is 17.1. The zero-order valence-corrected chi connectivity index (χ0v) is 14.8. The van der Waals surface area contributed by atoms with E-state index in [9.17, 15) is 4.79 Å². The number of hydrogen-bond acceptors (Lipinski definition) is 4. The molecule has 2 heterocycles. The Balaban J connectivity index is 1.67. The minimum absolute atomic E-state index is 0.0643. The number of thioether (sulfide) groups is 1. The molecule has 0 saturated carbocycles. The first kappa shape index (κ1) is 16.6. The van der Waals surface area contributed by atoms with Crippen molar-refractivity contribution < 1.29 is 4.79 Å². The molecule has 2 aromatic heterocycles. The number of aromatic nitrogens is 4. The minimum atomic E-state index is -0.272. The second-order valence-electron chi connectivity index (χ2n) is 5.73. The molecule has 0 aliphatic rings. The van der Waals surface area contributed by atoms with Crippen molar-refractivity contribution in [3.8, 4) is 0 Å². The number of H-pyrrole nitrogens is 1. The Morgan fingerprint density at radius 3 is 2.88 bits per heavy atom. The topological polar surface area (TPSA) is 75.6 Å². The van der Waals surface area contributed by atoms with Gasteiger partial charge < -0.3 is 10.3 Å². The van der Waals surface area contributed by atoms with E-state index >= 15 is 0 Å². The van der Waals surface area contributed by atoms with Crippen LogP contribution in [-0.4, -0.2) is 30.9 Å². The number of para-hydroxylation sites is 2. The molecule has 0 unspecified atom stereocenters. The van der Waals surface area contributed by atoms with Crippen LogP contribution >= 0.6 is 11.8 Å². The van der Waals surface area contributed by atoms with Crippen molar-refractivity contribution in [3.63, 3.8) is 0 Å². The fourth-order valence-electron chi connectivity index (χ4n) is 2.37. The highest BCUT2D eigenvalue weighted by Gasteiger charge is 2.19. The van der Waals surface area contributed by atoms with Gasteiger partial charge in [0.15, 0.2) is 5.16 Å². The number of carbonyl (C=O) groups excluding carboxylic acids is 1. The zero-order valence-electron chi connectivity index (χ0n) is 14.0. The molecule has 1 aromatic carbocycles. The molecule has 1 amide bonds. The number of nitrogens with one attached hydrogen (secondary N) is 2. The Kier molecular flexibility index (Phi) is 4.89. The molecule has 7 heteroatoms. The normalized spacial score (nSPS) is 13.8. The Morgan fingerprint density at radius 1 is 1.33 bits per heavy atom. The quantitative estimate of drug-likeness (QED) is 0.667. The van der Waals surface area contributed by atoms with Gasteiger partial charge >= 0.3 is 0 Å². The van der Waals surface area contributed by atoms with Crippen LogP contribution in [0.15, 0.2) is 41.7 Å². The van der Waals surface area contributed by atoms with E-state index < -0.39 is 0 Å². The number of imidazole rings is 1. The molecule has 0 aliphatic heterocycles. The van der Waals surface area contributed by atoms with Gasteiger partial charge in [-0.25, -0.2) is 9.67 Å². The molecule has 0 aliphatic carbocycles. The molecular formula is C17H21N5OS. The second-order valence-corrected chi connectivity index (χ2v) is 7.06. The van der Waals surface area contributed by atoms with Gasteiger partial charge in [0.2, 0.25) is 5.91 Å². The molecule has 6 nitrogen and oxygen atoms in total. The van der Waals surface area contributed by atoms with Crippen LogP contribution in [0.3, 0.4) is 0 Å². The Labute approximate surface area is 145 Å². The molecule has 0 spiro atoms. The van der Waals surface area contributed by atoms with Crippen LogP contribution in [0.1, 0.15) is 33.2 Å². The summed E-state index contributed by atoms with van der Waals surface area (Å²) in [6, 6.07) is 9.90. The van der Waals surface area contributed by atoms with Gasteiger partial charge in [0.25, 0.3) is 0 Å². The van der Waals surface area contributed by atoms with Crippen LogP contribution in [0.2, 0.25) is 0 Å². The van der Waals surface area contributed by atoms with E-state index in [0.717, 1.165) is 28.4 Å². The smallest absolute Gasteiger partial charge is 0.238 e. The minimum Gasteiger partial charge on any atom is -0.333 e. The number of amides is 1. The van der Waals surface area contributed by atoms with Gasteiger partial charge in [-0.2, -0.15) is 5.10 Å². The van der Waals surface area contributed by atoms with Gasteiger partial charge in [-0.1, -0.05) is 30.8 Å². The summed E-state index contributed by atoms with van der Waals surface area (Å²) < 4.78 is 1.84. The molecule has 24 heavy (non-hydrogen) atoms. The molecule has 2 atom stereocenters. The fraction of sp³-hybridized carbons (Fsp3) is 0.353. The number of aromatic amines is 1. The predicted octanol–water partition coefficient (Wildman–Crippen LogP) is 3.85. The van der Waals surface area contributed by atoms with Gasteiger partial charge in [0.1, 0.15) is 5.82 Å². The lowest BCUT2D eigenvalue weighted by Crippen LogP contribution is -2.24. The highest BCUT2D eigenvalue weighted by Crippen LogP contribution is 2.24. The van der Waals surface area contributed by atoms with E-state index in [1.807, 2.05) is 41.9 Å². The molecule has 3 aromatic rings. The van der Waals surface area contributed by atoms with E-state index in [1.54, 1.807) is 6.20 Å². The van der Waals surface area contributed by atoms with Crippen LogP contribution in [-0.2, 0) is 4.79 Å². The van der Waals surface area contributed by atoms with Crippen LogP contribution in [0.4, 0.5) is 5.82 Å². The Morgan fingerprint density at radius 2 is 2.12 bits per heavy atom. The first-order valence-corrected chi connectivity index (χ1v) is 8.92. The first-order chi connectivity index (χ1) is 11.6. The number of benzene rings is 1. The molecule has 2 N–H and O–H groups in total. The summed E-state index contributed by atoms with van der Waals surface area (Å²) >= 11 is 1.41. The fourth-order valence-corrected chi connectivity index (χ4v) is 3.19. The van der Waals surface area contributed by atoms with E-state index in [2.05, 4.69) is 34.2 Å². The lowest BCUT2D eigenvalue weighted by Gasteiger charge is -2.15. The maximum absolute atomic E-state index is 12.5. The summed E-state index contributed by atoms with van der Waals surface area (Å²) in [4.78, 5) is 20.2. The highest BCUT2D eigenvalue weighted by molar-refractivity contribution is 8.00. The summed E-state index contributed by atoms with van der Waals surface area (Å²) in [5.41, 5.74) is 1.88. The van der Waals surface area contributed by atoms with Crippen LogP contribution in [0, 0.1) is 0 Å². The first-order valence-electron chi connectivity index (χ1n) is 8.04. The third-order valence-corrected chi connectivity index (χ3v) is 4.94. The summed E-state index contributed by atoms with van der Waals surface area (Å²) in [7, 11) is 0. The molecule has 0 saturated heterocycles.